The molecule has 0 saturated heterocycles. The maximum absolute atomic E-state index is 14.2. The fourth-order valence-electron chi connectivity index (χ4n) is 6.14. The second-order valence-electron chi connectivity index (χ2n) is 17.4. The Kier molecular flexibility index (Phi) is 16.5. The summed E-state index contributed by atoms with van der Waals surface area (Å²) in [6.07, 6.45) is -0.522. The Morgan fingerprint density at radius 2 is 1.35 bits per heavy atom. The molecule has 0 saturated carbocycles. The number of methoxy groups -OCH3 is 1. The van der Waals surface area contributed by atoms with E-state index in [2.05, 4.69) is 83.1 Å². The van der Waals surface area contributed by atoms with Crippen LogP contribution >= 0.6 is 0 Å². The summed E-state index contributed by atoms with van der Waals surface area (Å²) < 4.78 is 23.9. The molecule has 8 nitrogen and oxygen atoms in total. The third kappa shape index (κ3) is 12.1. The van der Waals surface area contributed by atoms with Crippen molar-refractivity contribution in [2.24, 2.45) is 17.3 Å². The molecule has 2 aromatic carbocycles. The van der Waals surface area contributed by atoms with E-state index in [4.69, 9.17) is 18.6 Å². The Balaban J connectivity index is 2.58. The molecule has 2 rings (SSSR count). The highest BCUT2D eigenvalue weighted by Gasteiger charge is 2.52. The number of hydrogen-bond donors (Lipinski definition) is 0. The molecule has 0 aliphatic rings. The van der Waals surface area contributed by atoms with Crippen LogP contribution in [-0.4, -0.2) is 65.1 Å². The summed E-state index contributed by atoms with van der Waals surface area (Å²) in [4.78, 5) is 53.4. The van der Waals surface area contributed by atoms with Gasteiger partial charge in [-0.1, -0.05) is 125 Å². The Hall–Kier alpha value is -3.79. The standard InChI is InChI=1S/C44H64O8Si2/c1-15-50-40(47)37(27-22-28-44(10,53(12,13)14)51-41(48)42(4,5)6)38(45)30-33(32(2)3)29-34(31-39(46)49-11)52-54(43(7,8)9,35-23-18-16-19-24-35)36-25-20-17-21-26-36/h16-21,23-26,33-34,37H,2,15,27,29-31H2,1,3-14H3/t33?,34-,37?,44?/m0/s1. The van der Waals surface area contributed by atoms with Crippen molar-refractivity contribution in [3.8, 4) is 11.8 Å². The van der Waals surface area contributed by atoms with Crippen molar-refractivity contribution >= 4 is 50.5 Å². The molecule has 2 aromatic rings. The summed E-state index contributed by atoms with van der Waals surface area (Å²) in [5.41, 5.74) is -0.00524. The average Bonchev–Trinajstić information content (AvgIpc) is 3.07. The molecule has 0 fully saturated rings. The van der Waals surface area contributed by atoms with Crippen LogP contribution in [0.5, 0.6) is 0 Å². The monoisotopic (exact) mass is 776 g/mol. The molecule has 296 valence electrons. The van der Waals surface area contributed by atoms with E-state index in [1.54, 1.807) is 34.6 Å². The number of carbonyl (C=O) groups is 4. The second kappa shape index (κ2) is 19.2. The zero-order valence-corrected chi connectivity index (χ0v) is 37.0. The minimum atomic E-state index is -3.11. The SMILES string of the molecule is C=C(C)C(CC(=O)C(CC#CC(C)(OC(=O)C(C)(C)C)[Si](C)(C)C)C(=O)OCC)C[C@@H](CC(=O)OC)O[Si](c1ccccc1)(c1ccccc1)C(C)(C)C. The predicted octanol–water partition coefficient (Wildman–Crippen LogP) is 7.83. The largest absolute Gasteiger partial charge is 0.469 e. The van der Waals surface area contributed by atoms with Gasteiger partial charge in [-0.2, -0.15) is 0 Å². The molecule has 0 amide bonds. The van der Waals surface area contributed by atoms with Gasteiger partial charge in [0, 0.05) is 12.8 Å². The third-order valence-corrected chi connectivity index (χ3v) is 18.2. The first-order valence-corrected chi connectivity index (χ1v) is 24.3. The fraction of sp³-hybridized carbons (Fsp3) is 0.545. The van der Waals surface area contributed by atoms with E-state index in [1.165, 1.54) is 7.11 Å². The smallest absolute Gasteiger partial charge is 0.317 e. The normalized spacial score (nSPS) is 15.0. The Morgan fingerprint density at radius 3 is 1.76 bits per heavy atom. The van der Waals surface area contributed by atoms with Crippen LogP contribution in [0.15, 0.2) is 72.8 Å². The Bertz CT molecular complexity index is 1620. The molecule has 0 aliphatic heterocycles. The van der Waals surface area contributed by atoms with Crippen molar-refractivity contribution in [2.75, 3.05) is 13.7 Å². The van der Waals surface area contributed by atoms with Gasteiger partial charge in [-0.05, 0) is 69.3 Å². The van der Waals surface area contributed by atoms with Crippen molar-refractivity contribution in [3.05, 3.63) is 72.8 Å². The van der Waals surface area contributed by atoms with E-state index in [0.717, 1.165) is 15.9 Å². The van der Waals surface area contributed by atoms with Crippen LogP contribution in [0.2, 0.25) is 24.7 Å². The summed E-state index contributed by atoms with van der Waals surface area (Å²) in [5.74, 6) is 2.80. The second-order valence-corrected chi connectivity index (χ2v) is 27.1. The zero-order valence-electron chi connectivity index (χ0n) is 35.0. The highest BCUT2D eigenvalue weighted by Crippen LogP contribution is 2.39. The minimum Gasteiger partial charge on any atom is -0.469 e. The lowest BCUT2D eigenvalue weighted by atomic mass is 9.85. The van der Waals surface area contributed by atoms with Gasteiger partial charge in [-0.25, -0.2) is 0 Å². The molecule has 0 heterocycles. The van der Waals surface area contributed by atoms with E-state index in [0.29, 0.717) is 6.42 Å². The molecular weight excluding hydrogens is 713 g/mol. The Morgan fingerprint density at radius 1 is 0.833 bits per heavy atom. The summed E-state index contributed by atoms with van der Waals surface area (Å²) in [6.45, 7) is 27.7. The quantitative estimate of drug-likeness (QED) is 0.0400. The van der Waals surface area contributed by atoms with Crippen LogP contribution in [0.4, 0.5) is 0 Å². The molecule has 4 atom stereocenters. The van der Waals surface area contributed by atoms with Crippen LogP contribution < -0.4 is 10.4 Å². The number of esters is 3. The molecular formula is C44H64O8Si2. The highest BCUT2D eigenvalue weighted by molar-refractivity contribution is 6.99. The summed E-state index contributed by atoms with van der Waals surface area (Å²) in [5, 5.41) is 0.693. The summed E-state index contributed by atoms with van der Waals surface area (Å²) in [7, 11) is -3.99. The number of ether oxygens (including phenoxy) is 3. The van der Waals surface area contributed by atoms with Gasteiger partial charge in [-0.15, -0.1) is 0 Å². The van der Waals surface area contributed by atoms with Crippen molar-refractivity contribution in [2.45, 2.75) is 124 Å². The minimum absolute atomic E-state index is 0.0334. The maximum atomic E-state index is 14.2. The third-order valence-electron chi connectivity index (χ3n) is 10.0. The number of ketones is 1. The number of Topliss-reactive ketones (excluding diaryl/α,β-unsaturated/α-hetero) is 1. The fourth-order valence-corrected chi connectivity index (χ4v) is 11.7. The van der Waals surface area contributed by atoms with E-state index in [-0.39, 0.29) is 42.7 Å². The topological polar surface area (TPSA) is 105 Å². The number of rotatable bonds is 17. The van der Waals surface area contributed by atoms with Crippen molar-refractivity contribution < 1.29 is 37.8 Å². The maximum Gasteiger partial charge on any atom is 0.317 e. The summed E-state index contributed by atoms with van der Waals surface area (Å²) in [6, 6.07) is 20.3. The van der Waals surface area contributed by atoms with Crippen molar-refractivity contribution in [1.29, 1.82) is 0 Å². The van der Waals surface area contributed by atoms with Gasteiger partial charge in [0.05, 0.1) is 31.7 Å². The van der Waals surface area contributed by atoms with Crippen LogP contribution in [-0.2, 0) is 37.8 Å². The molecule has 0 bridgehead atoms. The average molecular weight is 777 g/mol. The number of allylic oxidation sites excluding steroid dienone is 1. The molecule has 0 aliphatic carbocycles. The van der Waals surface area contributed by atoms with Crippen LogP contribution in [0.3, 0.4) is 0 Å². The van der Waals surface area contributed by atoms with Crippen LogP contribution in [0.1, 0.15) is 88.0 Å². The zero-order chi connectivity index (χ0) is 41.1. The molecule has 54 heavy (non-hydrogen) atoms. The molecule has 0 spiro atoms. The number of carbonyl (C=O) groups excluding carboxylic acids is 4. The lowest BCUT2D eigenvalue weighted by Gasteiger charge is -2.45. The van der Waals surface area contributed by atoms with Gasteiger partial charge in [0.2, 0.25) is 0 Å². The first-order chi connectivity index (χ1) is 24.9. The molecule has 3 unspecified atom stereocenters. The van der Waals surface area contributed by atoms with Crippen molar-refractivity contribution in [1.82, 2.24) is 0 Å². The van der Waals surface area contributed by atoms with Gasteiger partial charge in [-0.3, -0.25) is 19.2 Å². The lowest BCUT2D eigenvalue weighted by Crippen LogP contribution is -2.67. The van der Waals surface area contributed by atoms with Gasteiger partial charge in [0.1, 0.15) is 19.8 Å². The number of hydrogen-bond acceptors (Lipinski definition) is 8. The van der Waals surface area contributed by atoms with E-state index < -0.39 is 56.9 Å². The number of benzene rings is 2. The lowest BCUT2D eigenvalue weighted by molar-refractivity contribution is -0.158. The van der Waals surface area contributed by atoms with Gasteiger partial charge in [0.25, 0.3) is 8.32 Å². The molecule has 0 aromatic heterocycles. The van der Waals surface area contributed by atoms with Gasteiger partial charge >= 0.3 is 17.9 Å². The molecule has 0 radical (unpaired) electrons. The van der Waals surface area contributed by atoms with Crippen molar-refractivity contribution in [3.63, 3.8) is 0 Å². The van der Waals surface area contributed by atoms with E-state index >= 15 is 0 Å². The predicted molar refractivity (Wildman–Crippen MR) is 221 cm³/mol. The molecule has 0 N–H and O–H groups in total. The van der Waals surface area contributed by atoms with Gasteiger partial charge in [0.15, 0.2) is 5.22 Å². The van der Waals surface area contributed by atoms with Gasteiger partial charge < -0.3 is 18.6 Å². The van der Waals surface area contributed by atoms with Crippen LogP contribution in [0.25, 0.3) is 0 Å². The summed E-state index contributed by atoms with van der Waals surface area (Å²) >= 11 is 0. The highest BCUT2D eigenvalue weighted by atomic mass is 28.4. The van der Waals surface area contributed by atoms with E-state index in [1.807, 2.05) is 43.3 Å². The Labute approximate surface area is 326 Å². The first-order valence-electron chi connectivity index (χ1n) is 18.9. The van der Waals surface area contributed by atoms with E-state index in [9.17, 15) is 19.2 Å². The molecule has 10 heteroatoms. The first kappa shape index (κ1) is 46.4. The van der Waals surface area contributed by atoms with Crippen LogP contribution in [0, 0.1) is 29.1 Å².